The van der Waals surface area contributed by atoms with Gasteiger partial charge in [0.05, 0.1) is 38.5 Å². The Morgan fingerprint density at radius 1 is 0.830 bits per heavy atom. The number of aromatic nitrogens is 1. The summed E-state index contributed by atoms with van der Waals surface area (Å²) < 4.78 is 9.36. The fourth-order valence-corrected chi connectivity index (χ4v) is 5.63. The highest BCUT2D eigenvalue weighted by Crippen LogP contribution is 2.23. The number of ether oxygens (including phenoxy) is 2. The van der Waals surface area contributed by atoms with E-state index in [-0.39, 0.29) is 43.3 Å². The lowest BCUT2D eigenvalue weighted by Crippen LogP contribution is -2.48. The second kappa shape index (κ2) is 22.3. The molecule has 0 bridgehead atoms. The van der Waals surface area contributed by atoms with Gasteiger partial charge in [0, 0.05) is 17.5 Å². The molecule has 0 aliphatic carbocycles. The number of hydroxylamine groups is 2. The number of carbonyl (C=O) groups excluding carboxylic acids is 6. The van der Waals surface area contributed by atoms with E-state index >= 15 is 0 Å². The standard InChI is InChI=1S/C39H49N5O9/c1-5-7-9-15-30(34(6-2)44(26-45)53-24-27-13-10-8-11-14-27)37(48)40-25-41-38(49)32-17-12-16-31(42-32)28-18-20-29(21-19-28)36(47)43-33(39(50)52-4)22-23-35(46)51-3/h8,10-14,16-21,26,30,33-34H,5-7,9,15,22-25H2,1-4H3,(H,40,48)(H,41,49)(H,43,47). The zero-order chi connectivity index (χ0) is 38.6. The van der Waals surface area contributed by atoms with Crippen LogP contribution in [0, 0.1) is 5.92 Å². The van der Waals surface area contributed by atoms with Crippen LogP contribution in [0.2, 0.25) is 0 Å². The normalized spacial score (nSPS) is 12.4. The van der Waals surface area contributed by atoms with Crippen LogP contribution in [0.15, 0.2) is 72.8 Å². The van der Waals surface area contributed by atoms with E-state index in [2.05, 4.69) is 32.6 Å². The molecule has 3 aromatic rings. The number of esters is 2. The third-order valence-electron chi connectivity index (χ3n) is 8.58. The van der Waals surface area contributed by atoms with E-state index in [0.717, 1.165) is 24.8 Å². The Hall–Kier alpha value is -5.63. The summed E-state index contributed by atoms with van der Waals surface area (Å²) >= 11 is 0. The molecule has 3 unspecified atom stereocenters. The van der Waals surface area contributed by atoms with Crippen molar-refractivity contribution in [3.63, 3.8) is 0 Å². The van der Waals surface area contributed by atoms with Crippen LogP contribution in [-0.4, -0.2) is 79.1 Å². The SMILES string of the molecule is CCCCCC(C(=O)NCNC(=O)c1cccc(-c2ccc(C(=O)NC(CCC(=O)OC)C(=O)OC)cc2)n1)C(CC)N(C=O)OCc1ccccc1. The number of amides is 4. The molecule has 0 spiro atoms. The second-order valence-corrected chi connectivity index (χ2v) is 12.2. The van der Waals surface area contributed by atoms with E-state index in [1.54, 1.807) is 36.4 Å². The molecule has 0 radical (unpaired) electrons. The summed E-state index contributed by atoms with van der Waals surface area (Å²) in [5.74, 6) is -3.15. The van der Waals surface area contributed by atoms with Crippen molar-refractivity contribution in [2.45, 2.75) is 77.5 Å². The Bertz CT molecular complexity index is 1650. The number of rotatable bonds is 22. The minimum Gasteiger partial charge on any atom is -0.469 e. The third kappa shape index (κ3) is 13.1. The first-order valence-corrected chi connectivity index (χ1v) is 17.6. The van der Waals surface area contributed by atoms with Gasteiger partial charge >= 0.3 is 11.9 Å². The first-order chi connectivity index (χ1) is 25.6. The Balaban J connectivity index is 1.62. The number of nitrogens with one attached hydrogen (secondary N) is 3. The van der Waals surface area contributed by atoms with Gasteiger partial charge in [-0.3, -0.25) is 28.8 Å². The maximum atomic E-state index is 13.5. The Kier molecular flexibility index (Phi) is 17.6. The second-order valence-electron chi connectivity index (χ2n) is 12.2. The fourth-order valence-electron chi connectivity index (χ4n) is 5.63. The van der Waals surface area contributed by atoms with Crippen LogP contribution in [-0.2, 0) is 40.1 Å². The van der Waals surface area contributed by atoms with Gasteiger partial charge < -0.3 is 25.4 Å². The van der Waals surface area contributed by atoms with Crippen molar-refractivity contribution in [2.75, 3.05) is 20.9 Å². The summed E-state index contributed by atoms with van der Waals surface area (Å²) in [5, 5.41) is 9.29. The highest BCUT2D eigenvalue weighted by molar-refractivity contribution is 5.97. The van der Waals surface area contributed by atoms with Gasteiger partial charge in [-0.1, -0.05) is 81.6 Å². The van der Waals surface area contributed by atoms with Gasteiger partial charge in [0.2, 0.25) is 12.3 Å². The van der Waals surface area contributed by atoms with Crippen molar-refractivity contribution in [1.82, 2.24) is 26.0 Å². The van der Waals surface area contributed by atoms with Crippen LogP contribution in [0.5, 0.6) is 0 Å². The molecule has 3 rings (SSSR count). The van der Waals surface area contributed by atoms with Gasteiger partial charge in [-0.05, 0) is 49.1 Å². The van der Waals surface area contributed by atoms with Crippen molar-refractivity contribution in [3.05, 3.63) is 89.6 Å². The molecule has 53 heavy (non-hydrogen) atoms. The van der Waals surface area contributed by atoms with Crippen molar-refractivity contribution >= 4 is 36.1 Å². The minimum absolute atomic E-state index is 0.00729. The summed E-state index contributed by atoms with van der Waals surface area (Å²) in [5.41, 5.74) is 2.33. The number of pyridine rings is 1. The molecule has 284 valence electrons. The molecule has 0 saturated carbocycles. The van der Waals surface area contributed by atoms with Crippen LogP contribution in [0.1, 0.15) is 85.2 Å². The summed E-state index contributed by atoms with van der Waals surface area (Å²) in [6.45, 7) is 3.98. The third-order valence-corrected chi connectivity index (χ3v) is 8.58. The van der Waals surface area contributed by atoms with Crippen LogP contribution >= 0.6 is 0 Å². The minimum atomic E-state index is -1.04. The molecular formula is C39H49N5O9. The number of carbonyl (C=O) groups is 6. The van der Waals surface area contributed by atoms with Crippen LogP contribution in [0.4, 0.5) is 0 Å². The van der Waals surface area contributed by atoms with Crippen LogP contribution in [0.3, 0.4) is 0 Å². The molecular weight excluding hydrogens is 682 g/mol. The van der Waals surface area contributed by atoms with Gasteiger partial charge in [-0.2, -0.15) is 0 Å². The first kappa shape index (κ1) is 41.8. The predicted molar refractivity (Wildman–Crippen MR) is 196 cm³/mol. The predicted octanol–water partition coefficient (Wildman–Crippen LogP) is 4.34. The van der Waals surface area contributed by atoms with E-state index in [1.165, 1.54) is 25.3 Å². The van der Waals surface area contributed by atoms with Gasteiger partial charge in [0.1, 0.15) is 18.3 Å². The van der Waals surface area contributed by atoms with Gasteiger partial charge in [-0.15, -0.1) is 0 Å². The molecule has 1 aromatic heterocycles. The van der Waals surface area contributed by atoms with E-state index in [9.17, 15) is 28.8 Å². The molecule has 14 heteroatoms. The van der Waals surface area contributed by atoms with E-state index in [1.807, 2.05) is 37.3 Å². The zero-order valence-electron chi connectivity index (χ0n) is 30.7. The topological polar surface area (TPSA) is 182 Å². The lowest BCUT2D eigenvalue weighted by molar-refractivity contribution is -0.200. The monoisotopic (exact) mass is 731 g/mol. The number of benzene rings is 2. The average Bonchev–Trinajstić information content (AvgIpc) is 3.19. The largest absolute Gasteiger partial charge is 0.469 e. The molecule has 0 aliphatic rings. The lowest BCUT2D eigenvalue weighted by atomic mass is 9.90. The molecule has 3 atom stereocenters. The summed E-state index contributed by atoms with van der Waals surface area (Å²) in [6, 6.07) is 19.2. The number of methoxy groups -OCH3 is 2. The van der Waals surface area contributed by atoms with Crippen molar-refractivity contribution in [3.8, 4) is 11.3 Å². The highest BCUT2D eigenvalue weighted by atomic mass is 16.7. The first-order valence-electron chi connectivity index (χ1n) is 17.6. The lowest BCUT2D eigenvalue weighted by Gasteiger charge is -2.32. The Morgan fingerprint density at radius 2 is 1.57 bits per heavy atom. The zero-order valence-corrected chi connectivity index (χ0v) is 30.7. The quantitative estimate of drug-likeness (QED) is 0.0442. The molecule has 0 fully saturated rings. The van der Waals surface area contributed by atoms with E-state index < -0.39 is 41.8 Å². The summed E-state index contributed by atoms with van der Waals surface area (Å²) in [6.07, 6.45) is 4.23. The Labute approximate surface area is 309 Å². The Morgan fingerprint density at radius 3 is 2.21 bits per heavy atom. The maximum Gasteiger partial charge on any atom is 0.328 e. The van der Waals surface area contributed by atoms with Gasteiger partial charge in [0.25, 0.3) is 11.8 Å². The van der Waals surface area contributed by atoms with Gasteiger partial charge in [-0.25, -0.2) is 14.8 Å². The average molecular weight is 732 g/mol. The number of nitrogens with zero attached hydrogens (tertiary/aromatic N) is 2. The van der Waals surface area contributed by atoms with Crippen LogP contribution in [0.25, 0.3) is 11.3 Å². The molecule has 3 N–H and O–H groups in total. The summed E-state index contributed by atoms with van der Waals surface area (Å²) in [4.78, 5) is 85.5. The smallest absolute Gasteiger partial charge is 0.328 e. The molecule has 2 aromatic carbocycles. The fraction of sp³-hybridized carbons (Fsp3) is 0.410. The number of hydrogen-bond acceptors (Lipinski definition) is 10. The summed E-state index contributed by atoms with van der Waals surface area (Å²) in [7, 11) is 2.42. The molecule has 0 saturated heterocycles. The van der Waals surface area contributed by atoms with Crippen LogP contribution < -0.4 is 16.0 Å². The highest BCUT2D eigenvalue weighted by Gasteiger charge is 2.32. The molecule has 14 nitrogen and oxygen atoms in total. The van der Waals surface area contributed by atoms with Gasteiger partial charge in [0.15, 0.2) is 0 Å². The van der Waals surface area contributed by atoms with Crippen molar-refractivity contribution < 1.29 is 43.1 Å². The van der Waals surface area contributed by atoms with Crippen molar-refractivity contribution in [1.29, 1.82) is 0 Å². The van der Waals surface area contributed by atoms with E-state index in [4.69, 9.17) is 9.57 Å². The molecule has 4 amide bonds. The number of hydrogen-bond donors (Lipinski definition) is 3. The van der Waals surface area contributed by atoms with E-state index in [0.29, 0.717) is 30.5 Å². The van der Waals surface area contributed by atoms with Crippen molar-refractivity contribution in [2.24, 2.45) is 5.92 Å². The molecule has 0 aliphatic heterocycles. The molecule has 1 heterocycles. The number of unbranched alkanes of at least 4 members (excludes halogenated alkanes) is 2. The maximum absolute atomic E-state index is 13.5.